The lowest BCUT2D eigenvalue weighted by molar-refractivity contribution is -0.122. The normalized spacial score (nSPS) is 16.2. The standard InChI is InChI=1S/C16H21N3OS/c20-15(18-12-8-10-17-11-9-12)6-3-7-16-19-13-4-1-2-5-14(13)21-16/h1-2,4-5,12,17H,3,6-11H2,(H,18,20). The van der Waals surface area contributed by atoms with Gasteiger partial charge < -0.3 is 10.6 Å². The predicted molar refractivity (Wildman–Crippen MR) is 86.6 cm³/mol. The fourth-order valence-electron chi connectivity index (χ4n) is 2.69. The Labute approximate surface area is 129 Å². The molecule has 21 heavy (non-hydrogen) atoms. The first-order valence-corrected chi connectivity index (χ1v) is 8.47. The second-order valence-corrected chi connectivity index (χ2v) is 6.64. The Balaban J connectivity index is 1.43. The van der Waals surface area contributed by atoms with E-state index < -0.39 is 0 Å². The van der Waals surface area contributed by atoms with Gasteiger partial charge in [-0.1, -0.05) is 12.1 Å². The molecule has 112 valence electrons. The van der Waals surface area contributed by atoms with Crippen molar-refractivity contribution in [2.24, 2.45) is 0 Å². The summed E-state index contributed by atoms with van der Waals surface area (Å²) in [5.74, 6) is 0.183. The van der Waals surface area contributed by atoms with Gasteiger partial charge in [0.05, 0.1) is 15.2 Å². The van der Waals surface area contributed by atoms with Crippen LogP contribution in [0.25, 0.3) is 10.2 Å². The Morgan fingerprint density at radius 3 is 2.95 bits per heavy atom. The molecule has 4 nitrogen and oxygen atoms in total. The third-order valence-electron chi connectivity index (χ3n) is 3.84. The number of rotatable bonds is 5. The van der Waals surface area contributed by atoms with E-state index in [0.29, 0.717) is 12.5 Å². The highest BCUT2D eigenvalue weighted by Gasteiger charge is 2.15. The van der Waals surface area contributed by atoms with Crippen molar-refractivity contribution < 1.29 is 4.79 Å². The van der Waals surface area contributed by atoms with Gasteiger partial charge in [-0.2, -0.15) is 0 Å². The number of hydrogen-bond donors (Lipinski definition) is 2. The van der Waals surface area contributed by atoms with Gasteiger partial charge in [0.15, 0.2) is 0 Å². The van der Waals surface area contributed by atoms with E-state index in [1.54, 1.807) is 11.3 Å². The van der Waals surface area contributed by atoms with E-state index in [9.17, 15) is 4.79 Å². The summed E-state index contributed by atoms with van der Waals surface area (Å²) in [5.41, 5.74) is 1.07. The number of para-hydroxylation sites is 1. The average Bonchev–Trinajstić information content (AvgIpc) is 2.91. The molecule has 1 amide bonds. The number of carbonyl (C=O) groups excluding carboxylic acids is 1. The van der Waals surface area contributed by atoms with Crippen LogP contribution in [-0.4, -0.2) is 30.0 Å². The number of amides is 1. The molecule has 3 rings (SSSR count). The third kappa shape index (κ3) is 4.02. The number of aromatic nitrogens is 1. The maximum absolute atomic E-state index is 11.9. The monoisotopic (exact) mass is 303 g/mol. The van der Waals surface area contributed by atoms with Crippen molar-refractivity contribution in [1.29, 1.82) is 0 Å². The van der Waals surface area contributed by atoms with Gasteiger partial charge in [-0.25, -0.2) is 4.98 Å². The van der Waals surface area contributed by atoms with Crippen LogP contribution in [0.3, 0.4) is 0 Å². The molecule has 0 aliphatic carbocycles. The highest BCUT2D eigenvalue weighted by molar-refractivity contribution is 7.18. The molecule has 1 aliphatic heterocycles. The van der Waals surface area contributed by atoms with Crippen LogP contribution in [0.2, 0.25) is 0 Å². The van der Waals surface area contributed by atoms with Crippen LogP contribution in [0, 0.1) is 0 Å². The summed E-state index contributed by atoms with van der Waals surface area (Å²) in [6.45, 7) is 2.02. The number of piperidine rings is 1. The molecule has 5 heteroatoms. The lowest BCUT2D eigenvalue weighted by Crippen LogP contribution is -2.42. The first-order valence-electron chi connectivity index (χ1n) is 7.66. The molecule has 0 radical (unpaired) electrons. The molecule has 1 fully saturated rings. The van der Waals surface area contributed by atoms with Gasteiger partial charge in [0.1, 0.15) is 0 Å². The zero-order valence-electron chi connectivity index (χ0n) is 12.1. The van der Waals surface area contributed by atoms with Crippen LogP contribution in [0.4, 0.5) is 0 Å². The second kappa shape index (κ2) is 7.00. The van der Waals surface area contributed by atoms with Gasteiger partial charge in [-0.05, 0) is 50.9 Å². The number of fused-ring (bicyclic) bond motifs is 1. The molecule has 0 atom stereocenters. The Kier molecular flexibility index (Phi) is 4.83. The van der Waals surface area contributed by atoms with Crippen molar-refractivity contribution in [2.45, 2.75) is 38.1 Å². The molecule has 0 saturated carbocycles. The topological polar surface area (TPSA) is 54.0 Å². The number of nitrogens with one attached hydrogen (secondary N) is 2. The van der Waals surface area contributed by atoms with E-state index in [1.165, 1.54) is 4.70 Å². The molecular formula is C16H21N3OS. The molecule has 1 aromatic carbocycles. The molecule has 1 aromatic heterocycles. The van der Waals surface area contributed by atoms with Crippen LogP contribution in [0.15, 0.2) is 24.3 Å². The first kappa shape index (κ1) is 14.5. The predicted octanol–water partition coefficient (Wildman–Crippen LogP) is 2.49. The maximum atomic E-state index is 11.9. The largest absolute Gasteiger partial charge is 0.353 e. The van der Waals surface area contributed by atoms with Crippen molar-refractivity contribution in [1.82, 2.24) is 15.6 Å². The minimum Gasteiger partial charge on any atom is -0.353 e. The van der Waals surface area contributed by atoms with Crippen LogP contribution in [0.1, 0.15) is 30.7 Å². The zero-order valence-corrected chi connectivity index (χ0v) is 12.9. The Hall–Kier alpha value is -1.46. The maximum Gasteiger partial charge on any atom is 0.220 e. The molecule has 0 bridgehead atoms. The van der Waals surface area contributed by atoms with Gasteiger partial charge in [-0.3, -0.25) is 4.79 Å². The van der Waals surface area contributed by atoms with E-state index in [2.05, 4.69) is 21.7 Å². The number of benzene rings is 1. The van der Waals surface area contributed by atoms with Gasteiger partial charge in [0.2, 0.25) is 5.91 Å². The molecule has 2 aromatic rings. The smallest absolute Gasteiger partial charge is 0.220 e. The lowest BCUT2D eigenvalue weighted by Gasteiger charge is -2.23. The highest BCUT2D eigenvalue weighted by Crippen LogP contribution is 2.22. The first-order chi connectivity index (χ1) is 10.3. The van der Waals surface area contributed by atoms with Crippen LogP contribution < -0.4 is 10.6 Å². The van der Waals surface area contributed by atoms with Gasteiger partial charge >= 0.3 is 0 Å². The molecule has 2 heterocycles. The lowest BCUT2D eigenvalue weighted by atomic mass is 10.1. The Bertz CT molecular complexity index is 571. The minimum absolute atomic E-state index is 0.183. The van der Waals surface area contributed by atoms with Crippen LogP contribution >= 0.6 is 11.3 Å². The summed E-state index contributed by atoms with van der Waals surface area (Å²) in [4.78, 5) is 16.5. The van der Waals surface area contributed by atoms with Crippen LogP contribution in [-0.2, 0) is 11.2 Å². The summed E-state index contributed by atoms with van der Waals surface area (Å²) < 4.78 is 1.23. The summed E-state index contributed by atoms with van der Waals surface area (Å²) >= 11 is 1.73. The molecule has 1 saturated heterocycles. The van der Waals surface area contributed by atoms with E-state index >= 15 is 0 Å². The van der Waals surface area contributed by atoms with E-state index in [4.69, 9.17) is 0 Å². The fourth-order valence-corrected chi connectivity index (χ4v) is 3.70. The van der Waals surface area contributed by atoms with E-state index in [0.717, 1.165) is 49.3 Å². The Morgan fingerprint density at radius 1 is 1.33 bits per heavy atom. The van der Waals surface area contributed by atoms with Crippen LogP contribution in [0.5, 0.6) is 0 Å². The average molecular weight is 303 g/mol. The number of aryl methyl sites for hydroxylation is 1. The van der Waals surface area contributed by atoms with Crippen molar-refractivity contribution >= 4 is 27.5 Å². The highest BCUT2D eigenvalue weighted by atomic mass is 32.1. The summed E-state index contributed by atoms with van der Waals surface area (Å²) in [5, 5.41) is 7.57. The molecule has 0 spiro atoms. The van der Waals surface area contributed by atoms with Crippen molar-refractivity contribution in [3.8, 4) is 0 Å². The minimum atomic E-state index is 0.183. The SMILES string of the molecule is O=C(CCCc1nc2ccccc2s1)NC1CCNCC1. The number of nitrogens with zero attached hydrogens (tertiary/aromatic N) is 1. The molecule has 0 unspecified atom stereocenters. The number of carbonyl (C=O) groups is 1. The zero-order chi connectivity index (χ0) is 14.5. The fraction of sp³-hybridized carbons (Fsp3) is 0.500. The molecular weight excluding hydrogens is 282 g/mol. The number of thiazole rings is 1. The quantitative estimate of drug-likeness (QED) is 0.892. The summed E-state index contributed by atoms with van der Waals surface area (Å²) in [6.07, 6.45) is 4.45. The molecule has 1 aliphatic rings. The Morgan fingerprint density at radius 2 is 2.14 bits per heavy atom. The van der Waals surface area contributed by atoms with E-state index in [1.807, 2.05) is 18.2 Å². The van der Waals surface area contributed by atoms with Crippen molar-refractivity contribution in [3.63, 3.8) is 0 Å². The van der Waals surface area contributed by atoms with E-state index in [-0.39, 0.29) is 5.91 Å². The third-order valence-corrected chi connectivity index (χ3v) is 4.93. The summed E-state index contributed by atoms with van der Waals surface area (Å²) in [7, 11) is 0. The van der Waals surface area contributed by atoms with Crippen molar-refractivity contribution in [2.75, 3.05) is 13.1 Å². The van der Waals surface area contributed by atoms with Gasteiger partial charge in [0.25, 0.3) is 0 Å². The van der Waals surface area contributed by atoms with Gasteiger partial charge in [0, 0.05) is 12.5 Å². The second-order valence-electron chi connectivity index (χ2n) is 5.52. The summed E-state index contributed by atoms with van der Waals surface area (Å²) in [6, 6.07) is 8.55. The molecule has 2 N–H and O–H groups in total. The number of hydrogen-bond acceptors (Lipinski definition) is 4. The van der Waals surface area contributed by atoms with Gasteiger partial charge in [-0.15, -0.1) is 11.3 Å². The van der Waals surface area contributed by atoms with Crippen molar-refractivity contribution in [3.05, 3.63) is 29.3 Å².